The lowest BCUT2D eigenvalue weighted by Gasteiger charge is -2.31. The third kappa shape index (κ3) is 1.99. The van der Waals surface area contributed by atoms with Crippen molar-refractivity contribution in [2.24, 2.45) is 11.8 Å². The van der Waals surface area contributed by atoms with Crippen LogP contribution >= 0.6 is 0 Å². The minimum Gasteiger partial charge on any atom is -0.313 e. The molecule has 1 saturated heterocycles. The van der Waals surface area contributed by atoms with E-state index in [2.05, 4.69) is 37.4 Å². The number of hydrogen-bond donors (Lipinski definition) is 1. The standard InChI is InChI=1S/C16H21NO/c1-10-3-4-12-9-14(16(18)13(12)7-10)15-8-11(2)5-6-17-15/h3-4,7,11,14-15,17H,5-6,8-9H2,1-2H3. The monoisotopic (exact) mass is 243 g/mol. The second kappa shape index (κ2) is 4.51. The van der Waals surface area contributed by atoms with Gasteiger partial charge in [-0.05, 0) is 50.3 Å². The molecule has 1 aromatic carbocycles. The molecule has 3 atom stereocenters. The van der Waals surface area contributed by atoms with Crippen molar-refractivity contribution in [2.75, 3.05) is 6.54 Å². The molecular formula is C16H21NO. The van der Waals surface area contributed by atoms with Crippen molar-refractivity contribution in [2.45, 2.75) is 39.2 Å². The highest BCUT2D eigenvalue weighted by atomic mass is 16.1. The Balaban J connectivity index is 1.83. The lowest BCUT2D eigenvalue weighted by Crippen LogP contribution is -2.44. The summed E-state index contributed by atoms with van der Waals surface area (Å²) in [5.41, 5.74) is 3.41. The van der Waals surface area contributed by atoms with Gasteiger partial charge >= 0.3 is 0 Å². The zero-order valence-corrected chi connectivity index (χ0v) is 11.2. The second-order valence-corrected chi connectivity index (χ2v) is 6.03. The van der Waals surface area contributed by atoms with Gasteiger partial charge in [0.25, 0.3) is 0 Å². The van der Waals surface area contributed by atoms with Gasteiger partial charge < -0.3 is 5.32 Å². The number of carbonyl (C=O) groups is 1. The normalized spacial score (nSPS) is 31.4. The number of nitrogens with one attached hydrogen (secondary N) is 1. The first-order valence-corrected chi connectivity index (χ1v) is 7.02. The molecule has 0 bridgehead atoms. The molecule has 1 fully saturated rings. The van der Waals surface area contributed by atoms with Gasteiger partial charge in [-0.3, -0.25) is 4.79 Å². The lowest BCUT2D eigenvalue weighted by atomic mass is 9.84. The SMILES string of the molecule is Cc1ccc2c(c1)C(=O)C(C1CC(C)CCN1)C2. The van der Waals surface area contributed by atoms with Crippen molar-refractivity contribution >= 4 is 5.78 Å². The Morgan fingerprint density at radius 1 is 1.33 bits per heavy atom. The summed E-state index contributed by atoms with van der Waals surface area (Å²) in [6.07, 6.45) is 3.31. The molecule has 0 spiro atoms. The predicted molar refractivity (Wildman–Crippen MR) is 72.9 cm³/mol. The van der Waals surface area contributed by atoms with E-state index in [1.807, 2.05) is 0 Å². The summed E-state index contributed by atoms with van der Waals surface area (Å²) in [4.78, 5) is 12.5. The Morgan fingerprint density at radius 2 is 2.17 bits per heavy atom. The van der Waals surface area contributed by atoms with Gasteiger partial charge in [0.05, 0.1) is 0 Å². The smallest absolute Gasteiger partial charge is 0.168 e. The minimum atomic E-state index is 0.171. The third-order valence-corrected chi connectivity index (χ3v) is 4.49. The number of aryl methyl sites for hydroxylation is 1. The lowest BCUT2D eigenvalue weighted by molar-refractivity contribution is 0.0888. The number of rotatable bonds is 1. The molecule has 0 aromatic heterocycles. The fourth-order valence-corrected chi connectivity index (χ4v) is 3.41. The van der Waals surface area contributed by atoms with Crippen LogP contribution in [0.2, 0.25) is 0 Å². The van der Waals surface area contributed by atoms with Crippen molar-refractivity contribution in [3.63, 3.8) is 0 Å². The molecule has 3 rings (SSSR count). The first-order chi connectivity index (χ1) is 8.65. The Hall–Kier alpha value is -1.15. The van der Waals surface area contributed by atoms with Crippen LogP contribution in [0, 0.1) is 18.8 Å². The van der Waals surface area contributed by atoms with E-state index in [0.29, 0.717) is 11.8 Å². The molecular weight excluding hydrogens is 222 g/mol. The van der Waals surface area contributed by atoms with Crippen LogP contribution in [0.5, 0.6) is 0 Å². The molecule has 2 heteroatoms. The van der Waals surface area contributed by atoms with E-state index in [0.717, 1.165) is 30.9 Å². The van der Waals surface area contributed by atoms with Crippen molar-refractivity contribution in [1.82, 2.24) is 5.32 Å². The molecule has 96 valence electrons. The summed E-state index contributed by atoms with van der Waals surface area (Å²) < 4.78 is 0. The molecule has 1 aliphatic heterocycles. The average molecular weight is 243 g/mol. The molecule has 1 aromatic rings. The zero-order chi connectivity index (χ0) is 12.7. The fourth-order valence-electron chi connectivity index (χ4n) is 3.41. The van der Waals surface area contributed by atoms with E-state index in [4.69, 9.17) is 0 Å². The van der Waals surface area contributed by atoms with E-state index in [1.54, 1.807) is 0 Å². The Kier molecular flexibility index (Phi) is 2.98. The van der Waals surface area contributed by atoms with Gasteiger partial charge in [0.1, 0.15) is 0 Å². The van der Waals surface area contributed by atoms with Crippen molar-refractivity contribution in [3.05, 3.63) is 34.9 Å². The van der Waals surface area contributed by atoms with Gasteiger partial charge in [-0.15, -0.1) is 0 Å². The average Bonchev–Trinajstić information content (AvgIpc) is 2.67. The highest BCUT2D eigenvalue weighted by Crippen LogP contribution is 2.33. The molecule has 2 nitrogen and oxygen atoms in total. The molecule has 3 unspecified atom stereocenters. The molecule has 0 saturated carbocycles. The summed E-state index contributed by atoms with van der Waals surface area (Å²) in [6.45, 7) is 5.41. The van der Waals surface area contributed by atoms with Crippen LogP contribution in [-0.4, -0.2) is 18.4 Å². The maximum absolute atomic E-state index is 12.5. The second-order valence-electron chi connectivity index (χ2n) is 6.03. The van der Waals surface area contributed by atoms with Crippen LogP contribution in [0.3, 0.4) is 0 Å². The van der Waals surface area contributed by atoms with Crippen LogP contribution in [0.25, 0.3) is 0 Å². The predicted octanol–water partition coefficient (Wildman–Crippen LogP) is 2.74. The van der Waals surface area contributed by atoms with E-state index < -0.39 is 0 Å². The van der Waals surface area contributed by atoms with Gasteiger partial charge in [0.15, 0.2) is 5.78 Å². The molecule has 2 aliphatic rings. The maximum Gasteiger partial charge on any atom is 0.168 e. The van der Waals surface area contributed by atoms with Crippen LogP contribution in [-0.2, 0) is 6.42 Å². The first-order valence-electron chi connectivity index (χ1n) is 7.02. The van der Waals surface area contributed by atoms with Crippen LogP contribution in [0.15, 0.2) is 18.2 Å². The Labute approximate surface area is 109 Å². The van der Waals surface area contributed by atoms with Crippen LogP contribution in [0.4, 0.5) is 0 Å². The topological polar surface area (TPSA) is 29.1 Å². The van der Waals surface area contributed by atoms with Crippen molar-refractivity contribution < 1.29 is 4.79 Å². The number of fused-ring (bicyclic) bond motifs is 1. The summed E-state index contributed by atoms with van der Waals surface area (Å²) in [7, 11) is 0. The number of carbonyl (C=O) groups excluding carboxylic acids is 1. The molecule has 1 aliphatic carbocycles. The van der Waals surface area contributed by atoms with Crippen molar-refractivity contribution in [3.8, 4) is 0 Å². The number of piperidine rings is 1. The highest BCUT2D eigenvalue weighted by molar-refractivity contribution is 6.02. The number of Topliss-reactive ketones (excluding diaryl/α,β-unsaturated/α-hetero) is 1. The van der Waals surface area contributed by atoms with Gasteiger partial charge in [-0.25, -0.2) is 0 Å². The van der Waals surface area contributed by atoms with E-state index in [-0.39, 0.29) is 5.92 Å². The van der Waals surface area contributed by atoms with Gasteiger partial charge in [0, 0.05) is 17.5 Å². The Bertz CT molecular complexity index is 480. The minimum absolute atomic E-state index is 0.171. The summed E-state index contributed by atoms with van der Waals surface area (Å²) in [6, 6.07) is 6.69. The molecule has 18 heavy (non-hydrogen) atoms. The van der Waals surface area contributed by atoms with Crippen LogP contribution < -0.4 is 5.32 Å². The first kappa shape index (κ1) is 11.9. The van der Waals surface area contributed by atoms with E-state index in [1.165, 1.54) is 17.5 Å². The largest absolute Gasteiger partial charge is 0.313 e. The maximum atomic E-state index is 12.5. The molecule has 1 heterocycles. The number of benzene rings is 1. The van der Waals surface area contributed by atoms with Crippen molar-refractivity contribution in [1.29, 1.82) is 0 Å². The zero-order valence-electron chi connectivity index (χ0n) is 11.2. The molecule has 0 amide bonds. The van der Waals surface area contributed by atoms with Crippen LogP contribution in [0.1, 0.15) is 41.3 Å². The number of hydrogen-bond acceptors (Lipinski definition) is 2. The molecule has 1 N–H and O–H groups in total. The van der Waals surface area contributed by atoms with E-state index in [9.17, 15) is 4.79 Å². The Morgan fingerprint density at radius 3 is 2.94 bits per heavy atom. The quantitative estimate of drug-likeness (QED) is 0.821. The summed E-state index contributed by atoms with van der Waals surface area (Å²) in [5, 5.41) is 3.55. The summed E-state index contributed by atoms with van der Waals surface area (Å²) in [5.74, 6) is 1.28. The van der Waals surface area contributed by atoms with Gasteiger partial charge in [-0.1, -0.05) is 24.6 Å². The molecule has 0 radical (unpaired) electrons. The summed E-state index contributed by atoms with van der Waals surface area (Å²) >= 11 is 0. The number of ketones is 1. The highest BCUT2D eigenvalue weighted by Gasteiger charge is 2.37. The van der Waals surface area contributed by atoms with E-state index >= 15 is 0 Å². The van der Waals surface area contributed by atoms with Gasteiger partial charge in [0.2, 0.25) is 0 Å². The third-order valence-electron chi connectivity index (χ3n) is 4.49. The van der Waals surface area contributed by atoms with Gasteiger partial charge in [-0.2, -0.15) is 0 Å². The fraction of sp³-hybridized carbons (Fsp3) is 0.562.